The van der Waals surface area contributed by atoms with E-state index in [9.17, 15) is 0 Å². The molecule has 0 aliphatic carbocycles. The van der Waals surface area contributed by atoms with Crippen LogP contribution < -0.4 is 5.32 Å². The van der Waals surface area contributed by atoms with E-state index in [0.29, 0.717) is 5.02 Å². The number of halogens is 2. The van der Waals surface area contributed by atoms with Crippen molar-refractivity contribution in [2.75, 3.05) is 18.4 Å². The van der Waals surface area contributed by atoms with Crippen molar-refractivity contribution in [3.63, 3.8) is 0 Å². The van der Waals surface area contributed by atoms with Crippen molar-refractivity contribution in [2.24, 2.45) is 0 Å². The Bertz CT molecular complexity index is 1170. The fourth-order valence-electron chi connectivity index (χ4n) is 4.25. The Kier molecular flexibility index (Phi) is 6.77. The summed E-state index contributed by atoms with van der Waals surface area (Å²) in [7, 11) is 0. The van der Waals surface area contributed by atoms with Gasteiger partial charge in [-0.2, -0.15) is 0 Å². The molecule has 1 aliphatic heterocycles. The summed E-state index contributed by atoms with van der Waals surface area (Å²) in [6.45, 7) is 3.39. The zero-order valence-electron chi connectivity index (χ0n) is 17.2. The van der Waals surface area contributed by atoms with Crippen LogP contribution in [0, 0.1) is 0 Å². The van der Waals surface area contributed by atoms with E-state index in [1.54, 1.807) is 0 Å². The summed E-state index contributed by atoms with van der Waals surface area (Å²) in [4.78, 5) is 7.00. The molecule has 1 aromatic heterocycles. The van der Waals surface area contributed by atoms with Crippen LogP contribution in [0.15, 0.2) is 79.0 Å². The van der Waals surface area contributed by atoms with Gasteiger partial charge < -0.3 is 5.32 Å². The molecule has 0 spiro atoms. The van der Waals surface area contributed by atoms with Crippen molar-refractivity contribution in [1.29, 1.82) is 0 Å². The van der Waals surface area contributed by atoms with Crippen LogP contribution in [0.4, 0.5) is 11.4 Å². The van der Waals surface area contributed by atoms with Gasteiger partial charge in [-0.15, -0.1) is 12.4 Å². The number of nitrogens with zero attached hydrogens (tertiary/aromatic N) is 2. The maximum Gasteiger partial charge on any atom is 0.0737 e. The number of aromatic nitrogens is 1. The van der Waals surface area contributed by atoms with E-state index in [-0.39, 0.29) is 12.4 Å². The first-order chi connectivity index (χ1) is 14.8. The number of nitrogens with one attached hydrogen (secondary N) is 1. The van der Waals surface area contributed by atoms with Crippen molar-refractivity contribution in [1.82, 2.24) is 9.88 Å². The average molecular weight is 450 g/mol. The Morgan fingerprint density at radius 3 is 2.52 bits per heavy atom. The van der Waals surface area contributed by atoms with E-state index in [1.807, 2.05) is 30.5 Å². The maximum absolute atomic E-state index is 6.14. The number of likely N-dealkylation sites (tertiary alicyclic amines) is 1. The zero-order chi connectivity index (χ0) is 20.3. The third kappa shape index (κ3) is 4.85. The van der Waals surface area contributed by atoms with E-state index in [1.165, 1.54) is 42.6 Å². The van der Waals surface area contributed by atoms with Crippen LogP contribution in [-0.4, -0.2) is 23.0 Å². The number of benzene rings is 3. The van der Waals surface area contributed by atoms with Crippen molar-refractivity contribution in [3.05, 3.63) is 89.6 Å². The Hall–Kier alpha value is -2.59. The number of pyridine rings is 1. The number of fused-ring (bicyclic) bond motifs is 1. The second-order valence-electron chi connectivity index (χ2n) is 7.87. The first-order valence-corrected chi connectivity index (χ1v) is 10.9. The van der Waals surface area contributed by atoms with Crippen LogP contribution in [0.1, 0.15) is 18.4 Å². The van der Waals surface area contributed by atoms with E-state index < -0.39 is 0 Å². The molecule has 0 unspecified atom stereocenters. The lowest BCUT2D eigenvalue weighted by Crippen LogP contribution is -2.18. The van der Waals surface area contributed by atoms with Gasteiger partial charge in [0.2, 0.25) is 0 Å². The largest absolute Gasteiger partial charge is 0.355 e. The molecular formula is C26H25Cl2N3. The van der Waals surface area contributed by atoms with Crippen LogP contribution in [0.2, 0.25) is 5.02 Å². The minimum absolute atomic E-state index is 0. The molecule has 0 saturated carbocycles. The van der Waals surface area contributed by atoms with E-state index in [2.05, 4.69) is 63.7 Å². The maximum atomic E-state index is 6.14. The van der Waals surface area contributed by atoms with Crippen molar-refractivity contribution in [3.8, 4) is 11.1 Å². The highest BCUT2D eigenvalue weighted by molar-refractivity contribution is 6.31. The van der Waals surface area contributed by atoms with Gasteiger partial charge in [0.1, 0.15) is 0 Å². The molecule has 1 saturated heterocycles. The quantitative estimate of drug-likeness (QED) is 0.345. The SMILES string of the molecule is Cl.Clc1ccc2c(Nc3ccc(CN4CCCC4)c(-c4ccccc4)c3)ccnc2c1. The molecule has 158 valence electrons. The topological polar surface area (TPSA) is 28.2 Å². The van der Waals surface area contributed by atoms with Crippen LogP contribution >= 0.6 is 24.0 Å². The Labute approximate surface area is 194 Å². The predicted octanol–water partition coefficient (Wildman–Crippen LogP) is 7.32. The van der Waals surface area contributed by atoms with Gasteiger partial charge in [-0.25, -0.2) is 0 Å². The third-order valence-electron chi connectivity index (χ3n) is 5.77. The van der Waals surface area contributed by atoms with Crippen molar-refractivity contribution in [2.45, 2.75) is 19.4 Å². The van der Waals surface area contributed by atoms with Crippen molar-refractivity contribution < 1.29 is 0 Å². The summed E-state index contributed by atoms with van der Waals surface area (Å²) in [5, 5.41) is 5.36. The summed E-state index contributed by atoms with van der Waals surface area (Å²) < 4.78 is 0. The van der Waals surface area contributed by atoms with Gasteiger partial charge in [0.05, 0.1) is 5.52 Å². The summed E-state index contributed by atoms with van der Waals surface area (Å²) in [6, 6.07) is 25.2. The number of hydrogen-bond acceptors (Lipinski definition) is 3. The zero-order valence-corrected chi connectivity index (χ0v) is 18.8. The number of anilines is 2. The molecule has 5 rings (SSSR count). The summed E-state index contributed by atoms with van der Waals surface area (Å²) in [5.41, 5.74) is 6.90. The molecule has 0 atom stereocenters. The van der Waals surface area contributed by atoms with Gasteiger partial charge in [-0.05, 0) is 79.0 Å². The van der Waals surface area contributed by atoms with Gasteiger partial charge >= 0.3 is 0 Å². The molecule has 1 fully saturated rings. The molecule has 1 aliphatic rings. The molecule has 2 heterocycles. The molecule has 4 aromatic rings. The van der Waals surface area contributed by atoms with E-state index >= 15 is 0 Å². The first kappa shape index (κ1) is 21.6. The fourth-order valence-corrected chi connectivity index (χ4v) is 4.41. The minimum Gasteiger partial charge on any atom is -0.355 e. The van der Waals surface area contributed by atoms with E-state index in [0.717, 1.165) is 28.8 Å². The fraction of sp³-hybridized carbons (Fsp3) is 0.192. The van der Waals surface area contributed by atoms with Gasteiger partial charge in [0.25, 0.3) is 0 Å². The second kappa shape index (κ2) is 9.69. The van der Waals surface area contributed by atoms with E-state index in [4.69, 9.17) is 11.6 Å². The Morgan fingerprint density at radius 1 is 0.903 bits per heavy atom. The highest BCUT2D eigenvalue weighted by Crippen LogP contribution is 2.32. The Morgan fingerprint density at radius 2 is 1.71 bits per heavy atom. The van der Waals surface area contributed by atoms with Gasteiger partial charge in [-0.3, -0.25) is 9.88 Å². The van der Waals surface area contributed by atoms with Crippen LogP contribution in [0.5, 0.6) is 0 Å². The number of rotatable bonds is 5. The molecule has 1 N–H and O–H groups in total. The first-order valence-electron chi connectivity index (χ1n) is 10.5. The lowest BCUT2D eigenvalue weighted by molar-refractivity contribution is 0.332. The standard InChI is InChI=1S/C26H24ClN3.ClH/c27-21-9-11-23-25(12-13-28-26(23)16-21)29-22-10-8-20(18-30-14-4-5-15-30)24(17-22)19-6-2-1-3-7-19;/h1-3,6-13,16-17H,4-5,14-15,18H2,(H,28,29);1H. The molecule has 0 radical (unpaired) electrons. The molecule has 0 bridgehead atoms. The summed E-state index contributed by atoms with van der Waals surface area (Å²) in [6.07, 6.45) is 4.43. The van der Waals surface area contributed by atoms with Crippen LogP contribution in [0.3, 0.4) is 0 Å². The lowest BCUT2D eigenvalue weighted by atomic mass is 9.98. The average Bonchev–Trinajstić information content (AvgIpc) is 3.28. The normalized spacial score (nSPS) is 13.8. The second-order valence-corrected chi connectivity index (χ2v) is 8.30. The van der Waals surface area contributed by atoms with Crippen LogP contribution in [-0.2, 0) is 6.54 Å². The smallest absolute Gasteiger partial charge is 0.0737 e. The number of hydrogen-bond donors (Lipinski definition) is 1. The predicted molar refractivity (Wildman–Crippen MR) is 134 cm³/mol. The lowest BCUT2D eigenvalue weighted by Gasteiger charge is -2.19. The minimum atomic E-state index is 0. The summed E-state index contributed by atoms with van der Waals surface area (Å²) in [5.74, 6) is 0. The summed E-state index contributed by atoms with van der Waals surface area (Å²) >= 11 is 6.14. The van der Waals surface area contributed by atoms with Gasteiger partial charge in [-0.1, -0.05) is 48.0 Å². The highest BCUT2D eigenvalue weighted by atomic mass is 35.5. The molecule has 3 aromatic carbocycles. The van der Waals surface area contributed by atoms with Gasteiger partial charge in [0, 0.05) is 34.5 Å². The molecular weight excluding hydrogens is 425 g/mol. The molecule has 0 amide bonds. The third-order valence-corrected chi connectivity index (χ3v) is 6.01. The van der Waals surface area contributed by atoms with Crippen LogP contribution in [0.25, 0.3) is 22.0 Å². The monoisotopic (exact) mass is 449 g/mol. The Balaban J connectivity index is 0.00000231. The molecule has 31 heavy (non-hydrogen) atoms. The van der Waals surface area contributed by atoms with Crippen molar-refractivity contribution >= 4 is 46.3 Å². The molecule has 5 heteroatoms. The highest BCUT2D eigenvalue weighted by Gasteiger charge is 2.15. The molecule has 3 nitrogen and oxygen atoms in total. The van der Waals surface area contributed by atoms with Gasteiger partial charge in [0.15, 0.2) is 0 Å².